The van der Waals surface area contributed by atoms with Crippen LogP contribution in [0, 0.1) is 5.92 Å². The normalized spacial score (nSPS) is 26.6. The van der Waals surface area contributed by atoms with Gasteiger partial charge in [0.2, 0.25) is 0 Å². The van der Waals surface area contributed by atoms with Crippen LogP contribution >= 0.6 is 11.3 Å². The molecule has 0 bridgehead atoms. The van der Waals surface area contributed by atoms with Gasteiger partial charge in [-0.25, -0.2) is 4.98 Å². The molecule has 0 atom stereocenters. The van der Waals surface area contributed by atoms with E-state index in [9.17, 15) is 0 Å². The molecule has 1 fully saturated rings. The van der Waals surface area contributed by atoms with E-state index in [0.717, 1.165) is 12.3 Å². The standard InChI is InChI=1S/C11H18N2S/c1-7(2)10-6-14-11(13-10)5-8-3-9(12)4-8/h6-9H,3-5,12H2,1-2H3. The van der Waals surface area contributed by atoms with Gasteiger partial charge in [-0.15, -0.1) is 11.3 Å². The predicted octanol–water partition coefficient (Wildman–Crippen LogP) is 2.55. The quantitative estimate of drug-likeness (QED) is 0.832. The van der Waals surface area contributed by atoms with Crippen molar-refractivity contribution in [1.29, 1.82) is 0 Å². The second-order valence-corrected chi connectivity index (χ2v) is 5.57. The first-order chi connectivity index (χ1) is 6.65. The van der Waals surface area contributed by atoms with Crippen molar-refractivity contribution < 1.29 is 0 Å². The molecule has 0 amide bonds. The fourth-order valence-electron chi connectivity index (χ4n) is 1.88. The highest BCUT2D eigenvalue weighted by atomic mass is 32.1. The molecule has 1 saturated carbocycles. The number of aromatic nitrogens is 1. The van der Waals surface area contributed by atoms with Crippen molar-refractivity contribution in [1.82, 2.24) is 4.98 Å². The monoisotopic (exact) mass is 210 g/mol. The maximum Gasteiger partial charge on any atom is 0.0931 e. The zero-order chi connectivity index (χ0) is 10.1. The first-order valence-corrected chi connectivity index (χ1v) is 6.23. The van der Waals surface area contributed by atoms with Crippen molar-refractivity contribution in [2.45, 2.75) is 45.1 Å². The Labute approximate surface area is 89.5 Å². The summed E-state index contributed by atoms with van der Waals surface area (Å²) in [6, 6.07) is 0.463. The van der Waals surface area contributed by atoms with E-state index in [1.165, 1.54) is 23.5 Å². The Balaban J connectivity index is 1.90. The van der Waals surface area contributed by atoms with Crippen LogP contribution in [-0.4, -0.2) is 11.0 Å². The largest absolute Gasteiger partial charge is 0.328 e. The highest BCUT2D eigenvalue weighted by Gasteiger charge is 2.26. The Morgan fingerprint density at radius 1 is 1.57 bits per heavy atom. The lowest BCUT2D eigenvalue weighted by Crippen LogP contribution is -2.37. The smallest absolute Gasteiger partial charge is 0.0931 e. The van der Waals surface area contributed by atoms with E-state index < -0.39 is 0 Å². The van der Waals surface area contributed by atoms with Crippen molar-refractivity contribution in [3.05, 3.63) is 16.1 Å². The van der Waals surface area contributed by atoms with Gasteiger partial charge in [0.15, 0.2) is 0 Å². The van der Waals surface area contributed by atoms with Gasteiger partial charge in [0.1, 0.15) is 0 Å². The minimum atomic E-state index is 0.463. The van der Waals surface area contributed by atoms with E-state index in [1.807, 2.05) is 0 Å². The summed E-state index contributed by atoms with van der Waals surface area (Å²) in [5, 5.41) is 3.49. The van der Waals surface area contributed by atoms with Crippen LogP contribution in [0.2, 0.25) is 0 Å². The van der Waals surface area contributed by atoms with Gasteiger partial charge in [-0.05, 0) is 24.7 Å². The molecule has 0 spiro atoms. The maximum atomic E-state index is 5.76. The number of nitrogens with two attached hydrogens (primary N) is 1. The fourth-order valence-corrected chi connectivity index (χ4v) is 2.96. The van der Waals surface area contributed by atoms with Crippen LogP contribution in [-0.2, 0) is 6.42 Å². The Hall–Kier alpha value is -0.410. The van der Waals surface area contributed by atoms with E-state index in [0.29, 0.717) is 12.0 Å². The van der Waals surface area contributed by atoms with E-state index in [-0.39, 0.29) is 0 Å². The van der Waals surface area contributed by atoms with Crippen molar-refractivity contribution >= 4 is 11.3 Å². The molecule has 2 nitrogen and oxygen atoms in total. The van der Waals surface area contributed by atoms with E-state index in [2.05, 4.69) is 24.2 Å². The van der Waals surface area contributed by atoms with Gasteiger partial charge in [0.25, 0.3) is 0 Å². The molecule has 0 radical (unpaired) electrons. The summed E-state index contributed by atoms with van der Waals surface area (Å²) in [5.41, 5.74) is 7.00. The van der Waals surface area contributed by atoms with Crippen LogP contribution in [0.15, 0.2) is 5.38 Å². The number of hydrogen-bond acceptors (Lipinski definition) is 3. The molecule has 1 aliphatic carbocycles. The summed E-state index contributed by atoms with van der Waals surface area (Å²) in [7, 11) is 0. The van der Waals surface area contributed by atoms with E-state index >= 15 is 0 Å². The molecular weight excluding hydrogens is 192 g/mol. The van der Waals surface area contributed by atoms with Crippen LogP contribution in [0.3, 0.4) is 0 Å². The van der Waals surface area contributed by atoms with Crippen LogP contribution in [0.1, 0.15) is 43.3 Å². The van der Waals surface area contributed by atoms with Gasteiger partial charge in [0.05, 0.1) is 10.7 Å². The van der Waals surface area contributed by atoms with Crippen molar-refractivity contribution in [2.24, 2.45) is 11.7 Å². The van der Waals surface area contributed by atoms with Crippen LogP contribution < -0.4 is 5.73 Å². The lowest BCUT2D eigenvalue weighted by Gasteiger charge is -2.31. The van der Waals surface area contributed by atoms with Crippen LogP contribution in [0.25, 0.3) is 0 Å². The maximum absolute atomic E-state index is 5.76. The third-order valence-electron chi connectivity index (χ3n) is 2.90. The van der Waals surface area contributed by atoms with Crippen molar-refractivity contribution in [3.8, 4) is 0 Å². The average molecular weight is 210 g/mol. The summed E-state index contributed by atoms with van der Waals surface area (Å²) in [6.45, 7) is 4.39. The van der Waals surface area contributed by atoms with Gasteiger partial charge in [-0.1, -0.05) is 13.8 Å². The SMILES string of the molecule is CC(C)c1csc(CC2CC(N)C2)n1. The molecule has 1 aromatic rings. The topological polar surface area (TPSA) is 38.9 Å². The van der Waals surface area contributed by atoms with Gasteiger partial charge >= 0.3 is 0 Å². The van der Waals surface area contributed by atoms with Gasteiger partial charge in [0, 0.05) is 17.8 Å². The zero-order valence-electron chi connectivity index (χ0n) is 8.86. The first-order valence-electron chi connectivity index (χ1n) is 5.35. The molecule has 1 aliphatic rings. The molecule has 2 rings (SSSR count). The second kappa shape index (κ2) is 3.99. The molecule has 3 heteroatoms. The molecule has 14 heavy (non-hydrogen) atoms. The lowest BCUT2D eigenvalue weighted by molar-refractivity contribution is 0.264. The Kier molecular flexibility index (Phi) is 2.88. The highest BCUT2D eigenvalue weighted by Crippen LogP contribution is 2.30. The van der Waals surface area contributed by atoms with Crippen LogP contribution in [0.4, 0.5) is 0 Å². The highest BCUT2D eigenvalue weighted by molar-refractivity contribution is 7.09. The number of nitrogens with zero attached hydrogens (tertiary/aromatic N) is 1. The van der Waals surface area contributed by atoms with Crippen molar-refractivity contribution in [2.75, 3.05) is 0 Å². The van der Waals surface area contributed by atoms with Gasteiger partial charge in [-0.2, -0.15) is 0 Å². The molecular formula is C11H18N2S. The predicted molar refractivity (Wildman–Crippen MR) is 60.6 cm³/mol. The molecule has 0 unspecified atom stereocenters. The zero-order valence-corrected chi connectivity index (χ0v) is 9.68. The Morgan fingerprint density at radius 3 is 2.79 bits per heavy atom. The average Bonchev–Trinajstić information content (AvgIpc) is 2.50. The van der Waals surface area contributed by atoms with Crippen molar-refractivity contribution in [3.63, 3.8) is 0 Å². The second-order valence-electron chi connectivity index (χ2n) is 4.62. The number of thiazole rings is 1. The third kappa shape index (κ3) is 2.15. The summed E-state index contributed by atoms with van der Waals surface area (Å²) >= 11 is 1.80. The molecule has 1 heterocycles. The molecule has 78 valence electrons. The molecule has 0 aliphatic heterocycles. The summed E-state index contributed by atoms with van der Waals surface area (Å²) < 4.78 is 0. The number of rotatable bonds is 3. The van der Waals surface area contributed by atoms with Gasteiger partial charge in [-0.3, -0.25) is 0 Å². The Morgan fingerprint density at radius 2 is 2.29 bits per heavy atom. The molecule has 2 N–H and O–H groups in total. The van der Waals surface area contributed by atoms with Gasteiger partial charge < -0.3 is 5.73 Å². The third-order valence-corrected chi connectivity index (χ3v) is 3.79. The molecule has 0 saturated heterocycles. The Bertz CT molecular complexity index is 300. The van der Waals surface area contributed by atoms with E-state index in [4.69, 9.17) is 5.73 Å². The minimum Gasteiger partial charge on any atom is -0.328 e. The summed E-state index contributed by atoms with van der Waals surface area (Å²) in [5.74, 6) is 1.36. The molecule has 0 aromatic carbocycles. The molecule has 1 aromatic heterocycles. The summed E-state index contributed by atoms with van der Waals surface area (Å²) in [6.07, 6.45) is 3.53. The van der Waals surface area contributed by atoms with E-state index in [1.54, 1.807) is 11.3 Å². The summed E-state index contributed by atoms with van der Waals surface area (Å²) in [4.78, 5) is 4.63. The number of hydrogen-bond donors (Lipinski definition) is 1. The lowest BCUT2D eigenvalue weighted by atomic mass is 9.79. The van der Waals surface area contributed by atoms with Crippen LogP contribution in [0.5, 0.6) is 0 Å². The fraction of sp³-hybridized carbons (Fsp3) is 0.727. The first kappa shape index (κ1) is 10.1. The minimum absolute atomic E-state index is 0.463.